The Hall–Kier alpha value is -2.71. The summed E-state index contributed by atoms with van der Waals surface area (Å²) in [6, 6.07) is 4.62. The first-order valence-electron chi connectivity index (χ1n) is 6.65. The number of benzene rings is 2. The summed E-state index contributed by atoms with van der Waals surface area (Å²) >= 11 is 0. The molecule has 0 radical (unpaired) electrons. The van der Waals surface area contributed by atoms with Gasteiger partial charge in [0.15, 0.2) is 11.5 Å². The number of carbonyl (C=O) groups is 1. The van der Waals surface area contributed by atoms with Crippen LogP contribution in [0.15, 0.2) is 36.4 Å². The lowest BCUT2D eigenvalue weighted by molar-refractivity contribution is -0.143. The zero-order valence-electron chi connectivity index (χ0n) is 12.5. The fraction of sp³-hybridized carbons (Fsp3) is 0.188. The molecule has 0 N–H and O–H groups in total. The highest BCUT2D eigenvalue weighted by molar-refractivity contribution is 5.76. The van der Waals surface area contributed by atoms with Gasteiger partial charge in [-0.15, -0.1) is 0 Å². The molecule has 0 saturated heterocycles. The first-order valence-corrected chi connectivity index (χ1v) is 6.65. The van der Waals surface area contributed by atoms with Crippen LogP contribution in [-0.2, 0) is 12.4 Å². The molecule has 3 nitrogen and oxygen atoms in total. The van der Waals surface area contributed by atoms with Crippen molar-refractivity contribution in [2.45, 2.75) is 12.4 Å². The number of alkyl halides is 6. The van der Waals surface area contributed by atoms with Gasteiger partial charge in [-0.05, 0) is 36.4 Å². The highest BCUT2D eigenvalue weighted by atomic mass is 19.4. The Labute approximate surface area is 137 Å². The lowest BCUT2D eigenvalue weighted by Gasteiger charge is -2.16. The van der Waals surface area contributed by atoms with Crippen LogP contribution in [0.1, 0.15) is 21.5 Å². The van der Waals surface area contributed by atoms with Gasteiger partial charge in [-0.1, -0.05) is 0 Å². The summed E-state index contributed by atoms with van der Waals surface area (Å²) in [5.74, 6) is -0.824. The van der Waals surface area contributed by atoms with Gasteiger partial charge in [0.05, 0.1) is 18.2 Å². The summed E-state index contributed by atoms with van der Waals surface area (Å²) < 4.78 is 87.1. The Morgan fingerprint density at radius 1 is 0.840 bits per heavy atom. The third-order valence-corrected chi connectivity index (χ3v) is 3.11. The van der Waals surface area contributed by atoms with Crippen LogP contribution in [0.2, 0.25) is 0 Å². The van der Waals surface area contributed by atoms with E-state index in [4.69, 9.17) is 9.47 Å². The van der Waals surface area contributed by atoms with Crippen molar-refractivity contribution in [2.24, 2.45) is 0 Å². The van der Waals surface area contributed by atoms with E-state index in [0.29, 0.717) is 18.4 Å². The average molecular weight is 364 g/mol. The molecule has 0 atom stereocenters. The molecule has 0 saturated carbocycles. The quantitative estimate of drug-likeness (QED) is 0.543. The van der Waals surface area contributed by atoms with E-state index in [-0.39, 0.29) is 23.1 Å². The molecular weight excluding hydrogens is 354 g/mol. The molecule has 0 aliphatic carbocycles. The molecule has 134 valence electrons. The molecule has 0 amide bonds. The average Bonchev–Trinajstić information content (AvgIpc) is 2.53. The predicted octanol–water partition coefficient (Wildman–Crippen LogP) is 5.34. The van der Waals surface area contributed by atoms with Gasteiger partial charge in [0.25, 0.3) is 0 Å². The van der Waals surface area contributed by atoms with Gasteiger partial charge in [-0.3, -0.25) is 4.79 Å². The minimum Gasteiger partial charge on any atom is -0.493 e. The minimum absolute atomic E-state index is 0.000416. The lowest BCUT2D eigenvalue weighted by Crippen LogP contribution is -2.11. The van der Waals surface area contributed by atoms with E-state index in [9.17, 15) is 31.1 Å². The van der Waals surface area contributed by atoms with Gasteiger partial charge in [0.1, 0.15) is 12.0 Å². The number of aldehydes is 1. The second kappa shape index (κ2) is 6.66. The number of halogens is 6. The van der Waals surface area contributed by atoms with Crippen molar-refractivity contribution in [3.8, 4) is 17.2 Å². The molecule has 0 unspecified atom stereocenters. The van der Waals surface area contributed by atoms with Crippen molar-refractivity contribution in [1.82, 2.24) is 0 Å². The third-order valence-electron chi connectivity index (χ3n) is 3.11. The van der Waals surface area contributed by atoms with Gasteiger partial charge in [0, 0.05) is 5.56 Å². The summed E-state index contributed by atoms with van der Waals surface area (Å²) in [5, 5.41) is 0. The highest BCUT2D eigenvalue weighted by Crippen LogP contribution is 2.40. The zero-order valence-corrected chi connectivity index (χ0v) is 12.5. The summed E-state index contributed by atoms with van der Waals surface area (Å²) in [6.07, 6.45) is -9.46. The Bertz CT molecular complexity index is 748. The van der Waals surface area contributed by atoms with E-state index >= 15 is 0 Å². The maximum atomic E-state index is 12.8. The van der Waals surface area contributed by atoms with Gasteiger partial charge in [0.2, 0.25) is 0 Å². The standard InChI is InChI=1S/C16H10F6O3/c1-24-14-4-9(8-23)2-3-13(14)25-12-6-10(15(17,18)19)5-11(7-12)16(20,21)22/h2-8H,1H3. The fourth-order valence-electron chi connectivity index (χ4n) is 1.95. The normalized spacial score (nSPS) is 12.0. The second-order valence-corrected chi connectivity index (χ2v) is 4.87. The predicted molar refractivity (Wildman–Crippen MR) is 74.9 cm³/mol. The van der Waals surface area contributed by atoms with Crippen LogP contribution in [0.4, 0.5) is 26.3 Å². The number of ether oxygens (including phenoxy) is 2. The van der Waals surface area contributed by atoms with E-state index < -0.39 is 29.2 Å². The monoisotopic (exact) mass is 364 g/mol. The summed E-state index contributed by atoms with van der Waals surface area (Å²) in [7, 11) is 1.21. The Kier molecular flexibility index (Phi) is 4.96. The summed E-state index contributed by atoms with van der Waals surface area (Å²) in [4.78, 5) is 10.7. The molecule has 2 aromatic carbocycles. The van der Waals surface area contributed by atoms with Gasteiger partial charge in [-0.25, -0.2) is 0 Å². The Morgan fingerprint density at radius 2 is 1.40 bits per heavy atom. The van der Waals surface area contributed by atoms with Crippen molar-refractivity contribution in [1.29, 1.82) is 0 Å². The minimum atomic E-state index is -4.98. The number of hydrogen-bond acceptors (Lipinski definition) is 3. The summed E-state index contributed by atoms with van der Waals surface area (Å²) in [6.45, 7) is 0. The number of hydrogen-bond donors (Lipinski definition) is 0. The van der Waals surface area contributed by atoms with E-state index in [1.54, 1.807) is 0 Å². The molecule has 0 heterocycles. The largest absolute Gasteiger partial charge is 0.493 e. The number of methoxy groups -OCH3 is 1. The molecule has 2 rings (SSSR count). The maximum Gasteiger partial charge on any atom is 0.416 e. The van der Waals surface area contributed by atoms with Crippen molar-refractivity contribution in [3.05, 3.63) is 53.1 Å². The van der Waals surface area contributed by atoms with Crippen LogP contribution in [0.25, 0.3) is 0 Å². The molecule has 0 bridgehead atoms. The van der Waals surface area contributed by atoms with E-state index in [2.05, 4.69) is 0 Å². The molecule has 0 fully saturated rings. The van der Waals surface area contributed by atoms with Crippen LogP contribution in [0, 0.1) is 0 Å². The first kappa shape index (κ1) is 18.6. The van der Waals surface area contributed by atoms with E-state index in [0.717, 1.165) is 0 Å². The van der Waals surface area contributed by atoms with Crippen molar-refractivity contribution >= 4 is 6.29 Å². The van der Waals surface area contributed by atoms with Crippen molar-refractivity contribution in [3.63, 3.8) is 0 Å². The molecular formula is C16H10F6O3. The van der Waals surface area contributed by atoms with Crippen LogP contribution in [0.5, 0.6) is 17.2 Å². The molecule has 2 aromatic rings. The lowest BCUT2D eigenvalue weighted by atomic mass is 10.1. The SMILES string of the molecule is COc1cc(C=O)ccc1Oc1cc(C(F)(F)F)cc(C(F)(F)F)c1. The molecule has 0 aliphatic rings. The van der Waals surface area contributed by atoms with Crippen molar-refractivity contribution < 1.29 is 40.6 Å². The van der Waals surface area contributed by atoms with Crippen LogP contribution < -0.4 is 9.47 Å². The second-order valence-electron chi connectivity index (χ2n) is 4.87. The Morgan fingerprint density at radius 3 is 1.84 bits per heavy atom. The zero-order chi connectivity index (χ0) is 18.8. The van der Waals surface area contributed by atoms with E-state index in [1.165, 1.54) is 25.3 Å². The maximum absolute atomic E-state index is 12.8. The fourth-order valence-corrected chi connectivity index (χ4v) is 1.95. The molecule has 0 aromatic heterocycles. The smallest absolute Gasteiger partial charge is 0.416 e. The van der Waals surface area contributed by atoms with Crippen LogP contribution >= 0.6 is 0 Å². The number of carbonyl (C=O) groups excluding carboxylic acids is 1. The van der Waals surface area contributed by atoms with Crippen molar-refractivity contribution in [2.75, 3.05) is 7.11 Å². The first-order chi connectivity index (χ1) is 11.5. The number of rotatable bonds is 4. The Balaban J connectivity index is 2.51. The van der Waals surface area contributed by atoms with Gasteiger partial charge in [-0.2, -0.15) is 26.3 Å². The molecule has 9 heteroatoms. The van der Waals surface area contributed by atoms with E-state index in [1.807, 2.05) is 0 Å². The molecule has 25 heavy (non-hydrogen) atoms. The van der Waals surface area contributed by atoms with Gasteiger partial charge < -0.3 is 9.47 Å². The summed E-state index contributed by atoms with van der Waals surface area (Å²) in [5.41, 5.74) is -2.80. The molecule has 0 spiro atoms. The van der Waals surface area contributed by atoms with Gasteiger partial charge >= 0.3 is 12.4 Å². The van der Waals surface area contributed by atoms with Crippen LogP contribution in [0.3, 0.4) is 0 Å². The topological polar surface area (TPSA) is 35.5 Å². The van der Waals surface area contributed by atoms with Crippen LogP contribution in [-0.4, -0.2) is 13.4 Å². The molecule has 0 aliphatic heterocycles. The third kappa shape index (κ3) is 4.43. The highest BCUT2D eigenvalue weighted by Gasteiger charge is 2.37.